The Balaban J connectivity index is 1.99. The van der Waals surface area contributed by atoms with Crippen LogP contribution >= 0.6 is 0 Å². The lowest BCUT2D eigenvalue weighted by atomic mass is 10.1. The van der Waals surface area contributed by atoms with Crippen molar-refractivity contribution in [2.45, 2.75) is 19.9 Å². The maximum Gasteiger partial charge on any atom is 0.319 e. The number of anilines is 1. The first-order valence-electron chi connectivity index (χ1n) is 6.55. The monoisotopic (exact) mass is 290 g/mol. The number of aryl methyl sites for hydroxylation is 1. The van der Waals surface area contributed by atoms with Crippen molar-refractivity contribution in [2.24, 2.45) is 0 Å². The van der Waals surface area contributed by atoms with Gasteiger partial charge in [0, 0.05) is 6.07 Å². The Labute approximate surface area is 122 Å². The third kappa shape index (κ3) is 4.02. The molecule has 2 aromatic rings. The normalized spacial score (nSPS) is 11.8. The van der Waals surface area contributed by atoms with E-state index in [4.69, 9.17) is 0 Å². The number of amides is 2. The van der Waals surface area contributed by atoms with Crippen LogP contribution in [0.1, 0.15) is 24.1 Å². The molecule has 0 aliphatic carbocycles. The molecule has 5 heteroatoms. The quantitative estimate of drug-likeness (QED) is 0.875. The summed E-state index contributed by atoms with van der Waals surface area (Å²) >= 11 is 0. The topological polar surface area (TPSA) is 41.1 Å². The number of halogens is 2. The average Bonchev–Trinajstić information content (AvgIpc) is 2.42. The Kier molecular flexibility index (Phi) is 4.52. The van der Waals surface area contributed by atoms with E-state index in [1.54, 1.807) is 0 Å². The molecule has 0 saturated heterocycles. The van der Waals surface area contributed by atoms with E-state index < -0.39 is 17.7 Å². The minimum Gasteiger partial charge on any atom is -0.331 e. The maximum atomic E-state index is 13.4. The number of nitrogens with one attached hydrogen (secondary N) is 2. The second kappa shape index (κ2) is 6.35. The van der Waals surface area contributed by atoms with E-state index in [0.717, 1.165) is 23.3 Å². The molecule has 0 saturated carbocycles. The summed E-state index contributed by atoms with van der Waals surface area (Å²) in [6.45, 7) is 3.80. The summed E-state index contributed by atoms with van der Waals surface area (Å²) < 4.78 is 26.2. The van der Waals surface area contributed by atoms with Crippen LogP contribution in [0.3, 0.4) is 0 Å². The highest BCUT2D eigenvalue weighted by Crippen LogP contribution is 2.16. The average molecular weight is 290 g/mol. The van der Waals surface area contributed by atoms with Crippen LogP contribution < -0.4 is 10.6 Å². The first-order valence-corrected chi connectivity index (χ1v) is 6.55. The second-order valence-electron chi connectivity index (χ2n) is 4.86. The largest absolute Gasteiger partial charge is 0.331 e. The van der Waals surface area contributed by atoms with Crippen LogP contribution in [-0.4, -0.2) is 6.03 Å². The van der Waals surface area contributed by atoms with Gasteiger partial charge in [-0.3, -0.25) is 0 Å². The van der Waals surface area contributed by atoms with Crippen molar-refractivity contribution in [1.29, 1.82) is 0 Å². The number of hydrogen-bond donors (Lipinski definition) is 2. The van der Waals surface area contributed by atoms with E-state index in [1.807, 2.05) is 38.1 Å². The SMILES string of the molecule is Cc1ccc(C(C)NC(=O)Nc2ccc(F)cc2F)cc1. The van der Waals surface area contributed by atoms with Crippen molar-refractivity contribution in [1.82, 2.24) is 5.32 Å². The summed E-state index contributed by atoms with van der Waals surface area (Å²) in [5.41, 5.74) is 2.00. The van der Waals surface area contributed by atoms with Crippen LogP contribution in [-0.2, 0) is 0 Å². The van der Waals surface area contributed by atoms with Gasteiger partial charge < -0.3 is 10.6 Å². The number of hydrogen-bond acceptors (Lipinski definition) is 1. The molecule has 2 N–H and O–H groups in total. The summed E-state index contributed by atoms with van der Waals surface area (Å²) in [5, 5.41) is 5.05. The molecule has 110 valence electrons. The van der Waals surface area contributed by atoms with Gasteiger partial charge >= 0.3 is 6.03 Å². The molecule has 0 fully saturated rings. The third-order valence-corrected chi connectivity index (χ3v) is 3.10. The predicted octanol–water partition coefficient (Wildman–Crippen LogP) is 4.16. The highest BCUT2D eigenvalue weighted by Gasteiger charge is 2.11. The molecule has 0 aliphatic heterocycles. The van der Waals surface area contributed by atoms with E-state index in [1.165, 1.54) is 6.07 Å². The first-order chi connectivity index (χ1) is 9.95. The minimum atomic E-state index is -0.812. The molecule has 2 amide bonds. The van der Waals surface area contributed by atoms with Gasteiger partial charge in [0.15, 0.2) is 0 Å². The zero-order valence-electron chi connectivity index (χ0n) is 11.8. The summed E-state index contributed by atoms with van der Waals surface area (Å²) in [7, 11) is 0. The fourth-order valence-electron chi connectivity index (χ4n) is 1.88. The van der Waals surface area contributed by atoms with E-state index in [2.05, 4.69) is 10.6 Å². The fourth-order valence-corrected chi connectivity index (χ4v) is 1.88. The third-order valence-electron chi connectivity index (χ3n) is 3.10. The van der Waals surface area contributed by atoms with Crippen LogP contribution in [0.2, 0.25) is 0 Å². The molecule has 2 aromatic carbocycles. The zero-order valence-corrected chi connectivity index (χ0v) is 11.8. The van der Waals surface area contributed by atoms with Crippen molar-refractivity contribution >= 4 is 11.7 Å². The Hall–Kier alpha value is -2.43. The van der Waals surface area contributed by atoms with Gasteiger partial charge in [0.2, 0.25) is 0 Å². The molecule has 0 radical (unpaired) electrons. The van der Waals surface area contributed by atoms with E-state index in [9.17, 15) is 13.6 Å². The molecule has 0 aromatic heterocycles. The molecular weight excluding hydrogens is 274 g/mol. The molecule has 3 nitrogen and oxygen atoms in total. The summed E-state index contributed by atoms with van der Waals surface area (Å²) in [4.78, 5) is 11.8. The van der Waals surface area contributed by atoms with Gasteiger partial charge in [-0.15, -0.1) is 0 Å². The Morgan fingerprint density at radius 1 is 1.10 bits per heavy atom. The molecule has 0 bridgehead atoms. The number of carbonyl (C=O) groups excluding carboxylic acids is 1. The number of rotatable bonds is 3. The van der Waals surface area contributed by atoms with Crippen LogP contribution in [0.4, 0.5) is 19.3 Å². The second-order valence-corrected chi connectivity index (χ2v) is 4.86. The van der Waals surface area contributed by atoms with Crippen molar-refractivity contribution in [2.75, 3.05) is 5.32 Å². The van der Waals surface area contributed by atoms with Crippen LogP contribution in [0, 0.1) is 18.6 Å². The van der Waals surface area contributed by atoms with E-state index >= 15 is 0 Å². The fraction of sp³-hybridized carbons (Fsp3) is 0.188. The number of carbonyl (C=O) groups is 1. The lowest BCUT2D eigenvalue weighted by Gasteiger charge is -2.15. The van der Waals surface area contributed by atoms with Crippen LogP contribution in [0.25, 0.3) is 0 Å². The summed E-state index contributed by atoms with van der Waals surface area (Å²) in [6.07, 6.45) is 0. The van der Waals surface area contributed by atoms with Crippen molar-refractivity contribution in [3.63, 3.8) is 0 Å². The van der Waals surface area contributed by atoms with Crippen molar-refractivity contribution in [3.8, 4) is 0 Å². The molecule has 21 heavy (non-hydrogen) atoms. The number of urea groups is 1. The molecular formula is C16H16F2N2O. The highest BCUT2D eigenvalue weighted by atomic mass is 19.1. The van der Waals surface area contributed by atoms with Gasteiger partial charge in [-0.05, 0) is 31.5 Å². The zero-order chi connectivity index (χ0) is 15.4. The van der Waals surface area contributed by atoms with Gasteiger partial charge in [0.25, 0.3) is 0 Å². The molecule has 2 rings (SSSR count). The van der Waals surface area contributed by atoms with Gasteiger partial charge in [0.05, 0.1) is 11.7 Å². The predicted molar refractivity (Wildman–Crippen MR) is 78.1 cm³/mol. The maximum absolute atomic E-state index is 13.4. The van der Waals surface area contributed by atoms with Gasteiger partial charge in [-0.2, -0.15) is 0 Å². The lowest BCUT2D eigenvalue weighted by molar-refractivity contribution is 0.249. The molecule has 0 aliphatic rings. The minimum absolute atomic E-state index is 0.0648. The molecule has 0 spiro atoms. The van der Waals surface area contributed by atoms with Gasteiger partial charge in [-0.25, -0.2) is 13.6 Å². The van der Waals surface area contributed by atoms with E-state index in [0.29, 0.717) is 0 Å². The van der Waals surface area contributed by atoms with Crippen LogP contribution in [0.5, 0.6) is 0 Å². The van der Waals surface area contributed by atoms with E-state index in [-0.39, 0.29) is 11.7 Å². The van der Waals surface area contributed by atoms with Gasteiger partial charge in [0.1, 0.15) is 11.6 Å². The summed E-state index contributed by atoms with van der Waals surface area (Å²) in [6, 6.07) is 9.94. The lowest BCUT2D eigenvalue weighted by Crippen LogP contribution is -2.31. The highest BCUT2D eigenvalue weighted by molar-refractivity contribution is 5.89. The molecule has 1 atom stereocenters. The summed E-state index contributed by atoms with van der Waals surface area (Å²) in [5.74, 6) is -1.50. The van der Waals surface area contributed by atoms with Gasteiger partial charge in [-0.1, -0.05) is 29.8 Å². The Morgan fingerprint density at radius 2 is 1.76 bits per heavy atom. The Morgan fingerprint density at radius 3 is 2.38 bits per heavy atom. The molecule has 1 unspecified atom stereocenters. The first kappa shape index (κ1) is 15.0. The van der Waals surface area contributed by atoms with Crippen LogP contribution in [0.15, 0.2) is 42.5 Å². The molecule has 0 heterocycles. The van der Waals surface area contributed by atoms with Crippen molar-refractivity contribution in [3.05, 3.63) is 65.2 Å². The smallest absolute Gasteiger partial charge is 0.319 e. The van der Waals surface area contributed by atoms with Crippen molar-refractivity contribution < 1.29 is 13.6 Å². The number of benzene rings is 2. The Bertz CT molecular complexity index is 641. The standard InChI is InChI=1S/C16H16F2N2O/c1-10-3-5-12(6-4-10)11(2)19-16(21)20-15-8-7-13(17)9-14(15)18/h3-9,11H,1-2H3,(H2,19,20,21).